The molecule has 1 saturated carbocycles. The molecule has 1 amide bonds. The van der Waals surface area contributed by atoms with Gasteiger partial charge in [0.1, 0.15) is 4.88 Å². The lowest BCUT2D eigenvalue weighted by atomic mass is 10.3. The maximum atomic E-state index is 12.2. The standard InChI is InChI=1S/C13H15N3OS2/c1-6-8(3)18-13(15-6)16-11(17)10-7(2)14-12(19-10)9-4-5-9/h9H,4-5H2,1-3H3,(H,15,16,17). The van der Waals surface area contributed by atoms with Crippen molar-refractivity contribution in [1.29, 1.82) is 0 Å². The van der Waals surface area contributed by atoms with Crippen LogP contribution in [-0.2, 0) is 0 Å². The quantitative estimate of drug-likeness (QED) is 0.939. The Morgan fingerprint density at radius 1 is 1.16 bits per heavy atom. The molecule has 2 heterocycles. The Labute approximate surface area is 119 Å². The summed E-state index contributed by atoms with van der Waals surface area (Å²) in [4.78, 5) is 22.9. The predicted octanol–water partition coefficient (Wildman–Crippen LogP) is 3.65. The number of carbonyl (C=O) groups is 1. The molecule has 0 aliphatic heterocycles. The van der Waals surface area contributed by atoms with Crippen LogP contribution < -0.4 is 5.32 Å². The van der Waals surface area contributed by atoms with Gasteiger partial charge in [-0.1, -0.05) is 0 Å². The third kappa shape index (κ3) is 2.55. The fourth-order valence-corrected chi connectivity index (χ4v) is 3.75. The van der Waals surface area contributed by atoms with Gasteiger partial charge in [-0.15, -0.1) is 22.7 Å². The van der Waals surface area contributed by atoms with Crippen LogP contribution in [-0.4, -0.2) is 15.9 Å². The summed E-state index contributed by atoms with van der Waals surface area (Å²) in [5, 5.41) is 4.65. The zero-order valence-corrected chi connectivity index (χ0v) is 12.7. The first kappa shape index (κ1) is 12.7. The van der Waals surface area contributed by atoms with Crippen molar-refractivity contribution in [3.8, 4) is 0 Å². The fraction of sp³-hybridized carbons (Fsp3) is 0.462. The number of thiazole rings is 2. The van der Waals surface area contributed by atoms with E-state index in [1.807, 2.05) is 20.8 Å². The molecule has 0 bridgehead atoms. The van der Waals surface area contributed by atoms with Gasteiger partial charge in [0.25, 0.3) is 5.91 Å². The Bertz CT molecular complexity index is 621. The van der Waals surface area contributed by atoms with E-state index in [-0.39, 0.29) is 5.91 Å². The number of hydrogen-bond acceptors (Lipinski definition) is 5. The Hall–Kier alpha value is -1.27. The number of aryl methyl sites for hydroxylation is 3. The number of hydrogen-bond donors (Lipinski definition) is 1. The van der Waals surface area contributed by atoms with Crippen molar-refractivity contribution in [3.05, 3.63) is 26.1 Å². The zero-order valence-electron chi connectivity index (χ0n) is 11.1. The van der Waals surface area contributed by atoms with Gasteiger partial charge in [0.15, 0.2) is 5.13 Å². The van der Waals surface area contributed by atoms with Gasteiger partial charge in [0, 0.05) is 10.8 Å². The Morgan fingerprint density at radius 3 is 2.47 bits per heavy atom. The molecule has 1 aliphatic rings. The van der Waals surface area contributed by atoms with E-state index in [0.717, 1.165) is 21.3 Å². The largest absolute Gasteiger partial charge is 0.297 e. The van der Waals surface area contributed by atoms with Crippen LogP contribution in [0.2, 0.25) is 0 Å². The number of amides is 1. The molecule has 0 saturated heterocycles. The molecular formula is C13H15N3OS2. The number of rotatable bonds is 3. The maximum Gasteiger partial charge on any atom is 0.269 e. The highest BCUT2D eigenvalue weighted by atomic mass is 32.1. The Balaban J connectivity index is 1.79. The van der Waals surface area contributed by atoms with Gasteiger partial charge in [0.05, 0.1) is 16.4 Å². The molecule has 0 spiro atoms. The SMILES string of the molecule is Cc1nc(NC(=O)c2sc(C3CC3)nc2C)sc1C. The molecule has 0 atom stereocenters. The molecule has 1 N–H and O–H groups in total. The van der Waals surface area contributed by atoms with Crippen molar-refractivity contribution in [2.45, 2.75) is 39.5 Å². The minimum absolute atomic E-state index is 0.0874. The summed E-state index contributed by atoms with van der Waals surface area (Å²) in [5.74, 6) is 0.505. The molecule has 1 fully saturated rings. The van der Waals surface area contributed by atoms with Crippen LogP contribution in [0.15, 0.2) is 0 Å². The highest BCUT2D eigenvalue weighted by Gasteiger charge is 2.29. The van der Waals surface area contributed by atoms with Crippen LogP contribution in [0.4, 0.5) is 5.13 Å². The van der Waals surface area contributed by atoms with E-state index in [0.29, 0.717) is 15.9 Å². The Kier molecular flexibility index (Phi) is 3.14. The zero-order chi connectivity index (χ0) is 13.6. The van der Waals surface area contributed by atoms with Crippen molar-refractivity contribution in [2.75, 3.05) is 5.32 Å². The lowest BCUT2D eigenvalue weighted by Gasteiger charge is -1.98. The van der Waals surface area contributed by atoms with Gasteiger partial charge in [0.2, 0.25) is 0 Å². The van der Waals surface area contributed by atoms with Gasteiger partial charge in [-0.2, -0.15) is 0 Å². The van der Waals surface area contributed by atoms with Gasteiger partial charge in [-0.25, -0.2) is 9.97 Å². The molecule has 19 heavy (non-hydrogen) atoms. The van der Waals surface area contributed by atoms with Crippen LogP contribution in [0, 0.1) is 20.8 Å². The topological polar surface area (TPSA) is 54.9 Å². The minimum atomic E-state index is -0.0874. The van der Waals surface area contributed by atoms with E-state index in [1.54, 1.807) is 0 Å². The molecule has 0 radical (unpaired) electrons. The number of nitrogens with one attached hydrogen (secondary N) is 1. The molecule has 4 nitrogen and oxygen atoms in total. The van der Waals surface area contributed by atoms with Gasteiger partial charge < -0.3 is 0 Å². The van der Waals surface area contributed by atoms with Crippen molar-refractivity contribution >= 4 is 33.7 Å². The first-order valence-electron chi connectivity index (χ1n) is 6.27. The van der Waals surface area contributed by atoms with Crippen molar-refractivity contribution in [1.82, 2.24) is 9.97 Å². The summed E-state index contributed by atoms with van der Waals surface area (Å²) in [7, 11) is 0. The van der Waals surface area contributed by atoms with Gasteiger partial charge in [-0.05, 0) is 33.6 Å². The fourth-order valence-electron chi connectivity index (χ4n) is 1.81. The normalized spacial score (nSPS) is 14.7. The smallest absolute Gasteiger partial charge is 0.269 e. The van der Waals surface area contributed by atoms with Crippen LogP contribution in [0.25, 0.3) is 0 Å². The highest BCUT2D eigenvalue weighted by molar-refractivity contribution is 7.16. The number of anilines is 1. The minimum Gasteiger partial charge on any atom is -0.297 e. The van der Waals surface area contributed by atoms with Gasteiger partial charge >= 0.3 is 0 Å². The van der Waals surface area contributed by atoms with E-state index >= 15 is 0 Å². The third-order valence-electron chi connectivity index (χ3n) is 3.19. The molecule has 2 aromatic heterocycles. The van der Waals surface area contributed by atoms with E-state index < -0.39 is 0 Å². The third-order valence-corrected chi connectivity index (χ3v) is 5.50. The molecular weight excluding hydrogens is 278 g/mol. The first-order chi connectivity index (χ1) is 9.04. The molecule has 0 aromatic carbocycles. The molecule has 2 aromatic rings. The van der Waals surface area contributed by atoms with E-state index in [1.165, 1.54) is 35.5 Å². The van der Waals surface area contributed by atoms with E-state index in [9.17, 15) is 4.79 Å². The number of aromatic nitrogens is 2. The van der Waals surface area contributed by atoms with Crippen LogP contribution in [0.1, 0.15) is 49.7 Å². The molecule has 1 aliphatic carbocycles. The van der Waals surface area contributed by atoms with Crippen molar-refractivity contribution in [2.24, 2.45) is 0 Å². The molecule has 3 rings (SSSR count). The van der Waals surface area contributed by atoms with E-state index in [2.05, 4.69) is 15.3 Å². The predicted molar refractivity (Wildman–Crippen MR) is 78.4 cm³/mol. The van der Waals surface area contributed by atoms with E-state index in [4.69, 9.17) is 0 Å². The summed E-state index contributed by atoms with van der Waals surface area (Å²) in [5.41, 5.74) is 1.80. The van der Waals surface area contributed by atoms with Crippen LogP contribution in [0.5, 0.6) is 0 Å². The highest BCUT2D eigenvalue weighted by Crippen LogP contribution is 2.42. The summed E-state index contributed by atoms with van der Waals surface area (Å²) in [6, 6.07) is 0. The summed E-state index contributed by atoms with van der Waals surface area (Å²) in [6.45, 7) is 5.85. The monoisotopic (exact) mass is 293 g/mol. The Morgan fingerprint density at radius 2 is 1.89 bits per heavy atom. The number of nitrogens with zero attached hydrogens (tertiary/aromatic N) is 2. The second-order valence-electron chi connectivity index (χ2n) is 4.86. The first-order valence-corrected chi connectivity index (χ1v) is 7.90. The van der Waals surface area contributed by atoms with Crippen LogP contribution >= 0.6 is 22.7 Å². The van der Waals surface area contributed by atoms with Gasteiger partial charge in [-0.3, -0.25) is 10.1 Å². The molecule has 6 heteroatoms. The second kappa shape index (κ2) is 4.68. The van der Waals surface area contributed by atoms with Crippen molar-refractivity contribution < 1.29 is 4.79 Å². The second-order valence-corrected chi connectivity index (χ2v) is 7.09. The van der Waals surface area contributed by atoms with Crippen molar-refractivity contribution in [3.63, 3.8) is 0 Å². The van der Waals surface area contributed by atoms with Crippen LogP contribution in [0.3, 0.4) is 0 Å². The maximum absolute atomic E-state index is 12.2. The molecule has 100 valence electrons. The average molecular weight is 293 g/mol. The lowest BCUT2D eigenvalue weighted by Crippen LogP contribution is -2.11. The summed E-state index contributed by atoms with van der Waals surface area (Å²) in [6.07, 6.45) is 2.41. The lowest BCUT2D eigenvalue weighted by molar-refractivity contribution is 0.103. The summed E-state index contributed by atoms with van der Waals surface area (Å²) < 4.78 is 0. The summed E-state index contributed by atoms with van der Waals surface area (Å²) >= 11 is 3.03. The number of carbonyl (C=O) groups excluding carboxylic acids is 1. The molecule has 0 unspecified atom stereocenters. The average Bonchev–Trinajstić information content (AvgIpc) is 3.05.